The molecule has 61 heavy (non-hydrogen) atoms. The molecule has 0 radical (unpaired) electrons. The number of imidazole rings is 1. The number of H-pyrrole nitrogens is 1. The number of aromatic nitrogens is 2. The predicted octanol–water partition coefficient (Wildman–Crippen LogP) is 8.88. The Bertz CT molecular complexity index is 1780. The number of carbonyl (C=O) groups excluding carboxylic acids is 4. The molecule has 1 aliphatic heterocycles. The van der Waals surface area contributed by atoms with Crippen molar-refractivity contribution in [1.82, 2.24) is 30.8 Å². The number of nitrogens with zero attached hydrogens (tertiary/aromatic N) is 3. The van der Waals surface area contributed by atoms with Crippen LogP contribution in [0, 0.1) is 17.8 Å². The van der Waals surface area contributed by atoms with Gasteiger partial charge < -0.3 is 40.6 Å². The van der Waals surface area contributed by atoms with Crippen LogP contribution in [0.5, 0.6) is 0 Å². The van der Waals surface area contributed by atoms with Crippen LogP contribution in [0.15, 0.2) is 53.7 Å². The largest absolute Gasteiger partial charge is 0.453 e. The molecule has 338 valence electrons. The van der Waals surface area contributed by atoms with E-state index >= 15 is 0 Å². The molecule has 4 amide bonds. The summed E-state index contributed by atoms with van der Waals surface area (Å²) < 4.78 is 9.18. The number of alkyl carbamates (subject to hydrolysis) is 2. The SMILES string of the molecule is C=Nc1ccc(C#Cc2ccc(-c3cnc(CCCCNC(=O)CNC(=O)OC)[nH]3)cc2)cc1NCC1CCCN1C(=O)C(NC(=O)OC)C(C)C.CC.CC.CC.CCC. The van der Waals surface area contributed by atoms with E-state index in [1.165, 1.54) is 20.6 Å². The number of amides is 4. The summed E-state index contributed by atoms with van der Waals surface area (Å²) in [5, 5.41) is 11.2. The van der Waals surface area contributed by atoms with Crippen LogP contribution in [0.3, 0.4) is 0 Å². The Morgan fingerprint density at radius 1 is 0.918 bits per heavy atom. The molecule has 0 aliphatic carbocycles. The monoisotopic (exact) mass is 847 g/mol. The molecule has 4 rings (SSSR count). The maximum Gasteiger partial charge on any atom is 0.407 e. The van der Waals surface area contributed by atoms with Gasteiger partial charge in [0, 0.05) is 43.2 Å². The van der Waals surface area contributed by atoms with Gasteiger partial charge in [-0.15, -0.1) is 0 Å². The van der Waals surface area contributed by atoms with Gasteiger partial charge in [0.25, 0.3) is 0 Å². The summed E-state index contributed by atoms with van der Waals surface area (Å²) in [4.78, 5) is 62.0. The van der Waals surface area contributed by atoms with Crippen molar-refractivity contribution in [3.63, 3.8) is 0 Å². The fraction of sp³-hybridized carbons (Fsp3) is 0.532. The first-order valence-corrected chi connectivity index (χ1v) is 21.8. The molecule has 0 saturated carbocycles. The third-order valence-electron chi connectivity index (χ3n) is 8.66. The minimum absolute atomic E-state index is 0.0476. The van der Waals surface area contributed by atoms with E-state index in [1.807, 2.05) is 109 Å². The van der Waals surface area contributed by atoms with E-state index in [0.29, 0.717) is 25.3 Å². The van der Waals surface area contributed by atoms with Crippen LogP contribution in [0.4, 0.5) is 21.0 Å². The van der Waals surface area contributed by atoms with E-state index < -0.39 is 18.2 Å². The minimum atomic E-state index is -0.669. The standard InChI is InChI=1S/C38H48N8O6.C3H8.3C2H6/c1-25(2)35(45-38(50)52-5)36(48)46-20-8-9-29(46)22-41-31-21-27(15-18-30(31)39-3)12-11-26-13-16-28(17-14-26)32-23-42-33(44-32)10-6-7-19-40-34(47)24-43-37(49)51-4;1-3-2;3*1-2/h13-18,21,23,25,29,35,41H,3,6-10,19-20,22,24H2,1-2,4-5H3,(H,40,47)(H,42,44)(H,43,49)(H,45,50);3H2,1-2H3;3*1-2H3. The van der Waals surface area contributed by atoms with Gasteiger partial charge in [0.05, 0.1) is 44.0 Å². The van der Waals surface area contributed by atoms with E-state index in [9.17, 15) is 19.2 Å². The summed E-state index contributed by atoms with van der Waals surface area (Å²) in [6.07, 6.45) is 5.86. The average molecular weight is 847 g/mol. The number of aliphatic imine (C=N–C) groups is 1. The Morgan fingerprint density at radius 2 is 1.54 bits per heavy atom. The lowest BCUT2D eigenvalue weighted by Gasteiger charge is -2.31. The topological polar surface area (TPSA) is 179 Å². The van der Waals surface area contributed by atoms with Gasteiger partial charge in [-0.1, -0.05) is 99.6 Å². The van der Waals surface area contributed by atoms with Gasteiger partial charge in [-0.3, -0.25) is 14.6 Å². The zero-order valence-electron chi connectivity index (χ0n) is 38.9. The van der Waals surface area contributed by atoms with Crippen molar-refractivity contribution in [2.24, 2.45) is 10.9 Å². The number of nitrogens with one attached hydrogen (secondary N) is 5. The zero-order valence-corrected chi connectivity index (χ0v) is 38.9. The van der Waals surface area contributed by atoms with E-state index in [2.05, 4.69) is 73.4 Å². The molecule has 0 bridgehead atoms. The number of aromatic amines is 1. The predicted molar refractivity (Wildman–Crippen MR) is 249 cm³/mol. The molecule has 1 fully saturated rings. The quantitative estimate of drug-likeness (QED) is 0.0572. The number of anilines is 1. The number of unbranched alkanes of at least 4 members (excludes halogenated alkanes) is 1. The average Bonchev–Trinajstić information content (AvgIpc) is 3.98. The molecular weight excluding hydrogens is 773 g/mol. The van der Waals surface area contributed by atoms with Crippen LogP contribution in [-0.4, -0.2) is 98.1 Å². The summed E-state index contributed by atoms with van der Waals surface area (Å²) in [5.41, 5.74) is 5.01. The smallest absolute Gasteiger partial charge is 0.407 e. The van der Waals surface area contributed by atoms with Crippen LogP contribution in [0.1, 0.15) is 118 Å². The molecule has 2 atom stereocenters. The molecule has 3 aromatic rings. The second kappa shape index (κ2) is 32.9. The maximum absolute atomic E-state index is 13.4. The number of benzene rings is 2. The van der Waals surface area contributed by atoms with Crippen molar-refractivity contribution in [2.45, 2.75) is 120 Å². The molecule has 1 saturated heterocycles. The van der Waals surface area contributed by atoms with E-state index in [0.717, 1.165) is 66.0 Å². The molecule has 1 aliphatic rings. The van der Waals surface area contributed by atoms with Gasteiger partial charge in [0.1, 0.15) is 11.9 Å². The van der Waals surface area contributed by atoms with Crippen molar-refractivity contribution in [2.75, 3.05) is 45.7 Å². The highest BCUT2D eigenvalue weighted by Crippen LogP contribution is 2.28. The molecule has 2 aromatic carbocycles. The molecule has 14 heteroatoms. The summed E-state index contributed by atoms with van der Waals surface area (Å²) in [5.74, 6) is 6.85. The molecule has 2 heterocycles. The van der Waals surface area contributed by atoms with E-state index in [4.69, 9.17) is 4.74 Å². The highest BCUT2D eigenvalue weighted by atomic mass is 16.5. The Balaban J connectivity index is 0.00000372. The molecule has 14 nitrogen and oxygen atoms in total. The second-order valence-corrected chi connectivity index (χ2v) is 13.4. The van der Waals surface area contributed by atoms with Gasteiger partial charge in [0.2, 0.25) is 11.8 Å². The second-order valence-electron chi connectivity index (χ2n) is 13.4. The first-order valence-electron chi connectivity index (χ1n) is 21.8. The maximum atomic E-state index is 13.4. The Labute approximate surface area is 365 Å². The molecular formula is C47H74N8O6. The van der Waals surface area contributed by atoms with Crippen molar-refractivity contribution >= 4 is 42.1 Å². The number of methoxy groups -OCH3 is 2. The van der Waals surface area contributed by atoms with E-state index in [-0.39, 0.29) is 30.3 Å². The lowest BCUT2D eigenvalue weighted by Crippen LogP contribution is -2.53. The lowest BCUT2D eigenvalue weighted by atomic mass is 10.0. The Hall–Kier alpha value is -5.84. The van der Waals surface area contributed by atoms with Gasteiger partial charge in [-0.2, -0.15) is 0 Å². The van der Waals surface area contributed by atoms with E-state index in [1.54, 1.807) is 0 Å². The van der Waals surface area contributed by atoms with Crippen LogP contribution in [0.2, 0.25) is 0 Å². The normalized spacial score (nSPS) is 12.6. The molecule has 0 spiro atoms. The van der Waals surface area contributed by atoms with Crippen LogP contribution in [0.25, 0.3) is 11.3 Å². The Kier molecular flexibility index (Phi) is 29.8. The number of rotatable bonds is 15. The number of likely N-dealkylation sites (tertiary alicyclic amines) is 1. The molecule has 2 unspecified atom stereocenters. The zero-order chi connectivity index (χ0) is 46.2. The van der Waals surface area contributed by atoms with Gasteiger partial charge in [-0.05, 0) is 74.2 Å². The third kappa shape index (κ3) is 20.3. The molecule has 1 aromatic heterocycles. The first-order chi connectivity index (χ1) is 29.5. The van der Waals surface area contributed by atoms with Gasteiger partial charge in [-0.25, -0.2) is 14.6 Å². The van der Waals surface area contributed by atoms with Crippen molar-refractivity contribution < 1.29 is 28.7 Å². The van der Waals surface area contributed by atoms with Crippen LogP contribution in [-0.2, 0) is 25.5 Å². The van der Waals surface area contributed by atoms with Gasteiger partial charge in [0.15, 0.2) is 0 Å². The van der Waals surface area contributed by atoms with Crippen LogP contribution >= 0.6 is 0 Å². The first kappa shape index (κ1) is 55.2. The molecule has 5 N–H and O–H groups in total. The fourth-order valence-electron chi connectivity index (χ4n) is 5.78. The summed E-state index contributed by atoms with van der Waals surface area (Å²) in [7, 11) is 2.53. The van der Waals surface area contributed by atoms with Gasteiger partial charge >= 0.3 is 12.2 Å². The summed E-state index contributed by atoms with van der Waals surface area (Å²) in [6, 6.07) is 12.9. The number of aryl methyl sites for hydroxylation is 1. The van der Waals surface area contributed by atoms with Crippen LogP contribution < -0.4 is 21.3 Å². The number of hydrogen-bond donors (Lipinski definition) is 5. The Morgan fingerprint density at radius 3 is 2.15 bits per heavy atom. The van der Waals surface area contributed by atoms with Crippen molar-refractivity contribution in [3.8, 4) is 23.1 Å². The third-order valence-corrected chi connectivity index (χ3v) is 8.66. The van der Waals surface area contributed by atoms with Crippen molar-refractivity contribution in [3.05, 3.63) is 65.6 Å². The number of carbonyl (C=O) groups is 4. The number of ether oxygens (including phenoxy) is 2. The minimum Gasteiger partial charge on any atom is -0.453 e. The highest BCUT2D eigenvalue weighted by molar-refractivity contribution is 5.86. The summed E-state index contributed by atoms with van der Waals surface area (Å²) >= 11 is 0. The number of hydrogen-bond acceptors (Lipinski definition) is 9. The lowest BCUT2D eigenvalue weighted by molar-refractivity contribution is -0.135. The van der Waals surface area contributed by atoms with Crippen molar-refractivity contribution in [1.29, 1.82) is 0 Å². The highest BCUT2D eigenvalue weighted by Gasteiger charge is 2.35. The fourth-order valence-corrected chi connectivity index (χ4v) is 5.78. The summed E-state index contributed by atoms with van der Waals surface area (Å²) in [6.45, 7) is 25.3.